The third-order valence-electron chi connectivity index (χ3n) is 2.61. The Hall–Kier alpha value is -1.00. The van der Waals surface area contributed by atoms with Crippen LogP contribution in [0, 0.1) is 13.8 Å². The summed E-state index contributed by atoms with van der Waals surface area (Å²) >= 11 is 1.67. The summed E-state index contributed by atoms with van der Waals surface area (Å²) in [6.07, 6.45) is 0. The number of thioether (sulfide) groups is 1. The lowest BCUT2D eigenvalue weighted by Crippen LogP contribution is -2.46. The number of nitrogens with one attached hydrogen (secondary N) is 1. The van der Waals surface area contributed by atoms with Crippen LogP contribution in [0.15, 0.2) is 23.1 Å². The fourth-order valence-corrected chi connectivity index (χ4v) is 2.81. The minimum Gasteiger partial charge on any atom is -0.368 e. The highest BCUT2D eigenvalue weighted by atomic mass is 32.2. The van der Waals surface area contributed by atoms with Gasteiger partial charge in [0.15, 0.2) is 0 Å². The first kappa shape index (κ1) is 15.1. The number of hydrogen-bond donors (Lipinski definition) is 2. The first-order valence-corrected chi connectivity index (χ1v) is 7.14. The SMILES string of the molecule is Cc1ccc(SCC(NC(C)C)C(N)=O)c(C)c1. The molecule has 4 heteroatoms. The molecule has 3 nitrogen and oxygen atoms in total. The van der Waals surface area contributed by atoms with Crippen LogP contribution in [0.5, 0.6) is 0 Å². The first-order chi connectivity index (χ1) is 8.40. The van der Waals surface area contributed by atoms with Crippen molar-refractivity contribution < 1.29 is 4.79 Å². The van der Waals surface area contributed by atoms with Crippen molar-refractivity contribution in [2.24, 2.45) is 5.73 Å². The molecule has 1 aromatic rings. The number of carbonyl (C=O) groups excluding carboxylic acids is 1. The molecule has 0 aliphatic heterocycles. The van der Waals surface area contributed by atoms with Crippen LogP contribution >= 0.6 is 11.8 Å². The van der Waals surface area contributed by atoms with Gasteiger partial charge >= 0.3 is 0 Å². The molecule has 1 unspecified atom stereocenters. The third-order valence-corrected chi connectivity index (χ3v) is 3.88. The molecule has 0 radical (unpaired) electrons. The Morgan fingerprint density at radius 1 is 1.39 bits per heavy atom. The van der Waals surface area contributed by atoms with Gasteiger partial charge in [0.2, 0.25) is 5.91 Å². The van der Waals surface area contributed by atoms with Crippen LogP contribution in [0.4, 0.5) is 0 Å². The quantitative estimate of drug-likeness (QED) is 0.776. The highest BCUT2D eigenvalue weighted by Crippen LogP contribution is 2.23. The van der Waals surface area contributed by atoms with Gasteiger partial charge in [-0.3, -0.25) is 4.79 Å². The lowest BCUT2D eigenvalue weighted by molar-refractivity contribution is -0.119. The number of primary amides is 1. The second-order valence-corrected chi connectivity index (χ2v) is 5.92. The molecule has 3 N–H and O–H groups in total. The summed E-state index contributed by atoms with van der Waals surface area (Å²) in [6.45, 7) is 8.19. The van der Waals surface area contributed by atoms with Crippen LogP contribution in [0.3, 0.4) is 0 Å². The number of carbonyl (C=O) groups is 1. The molecule has 18 heavy (non-hydrogen) atoms. The summed E-state index contributed by atoms with van der Waals surface area (Å²) < 4.78 is 0. The smallest absolute Gasteiger partial charge is 0.235 e. The van der Waals surface area contributed by atoms with Gasteiger partial charge < -0.3 is 11.1 Å². The van der Waals surface area contributed by atoms with Crippen LogP contribution < -0.4 is 11.1 Å². The van der Waals surface area contributed by atoms with Gasteiger partial charge in [0.25, 0.3) is 0 Å². The standard InChI is InChI=1S/C14H22N2OS/c1-9(2)16-12(14(15)17)8-18-13-6-5-10(3)7-11(13)4/h5-7,9,12,16H,8H2,1-4H3,(H2,15,17). The molecule has 0 spiro atoms. The molecule has 0 bridgehead atoms. The molecule has 0 saturated carbocycles. The number of benzene rings is 1. The van der Waals surface area contributed by atoms with Gasteiger partial charge in [-0.1, -0.05) is 31.5 Å². The zero-order valence-electron chi connectivity index (χ0n) is 11.5. The second kappa shape index (κ2) is 6.81. The summed E-state index contributed by atoms with van der Waals surface area (Å²) in [5.74, 6) is 0.373. The minimum atomic E-state index is -0.291. The Bertz CT molecular complexity index is 418. The van der Waals surface area contributed by atoms with E-state index < -0.39 is 0 Å². The number of rotatable bonds is 6. The molecular weight excluding hydrogens is 244 g/mol. The van der Waals surface area contributed by atoms with Crippen LogP contribution in [0.1, 0.15) is 25.0 Å². The highest BCUT2D eigenvalue weighted by Gasteiger charge is 2.16. The summed E-state index contributed by atoms with van der Waals surface area (Å²) in [7, 11) is 0. The van der Waals surface area contributed by atoms with Crippen molar-refractivity contribution in [2.75, 3.05) is 5.75 Å². The zero-order chi connectivity index (χ0) is 13.7. The van der Waals surface area contributed by atoms with E-state index in [0.717, 1.165) is 0 Å². The number of hydrogen-bond acceptors (Lipinski definition) is 3. The summed E-state index contributed by atoms with van der Waals surface area (Å²) in [5, 5.41) is 3.18. The lowest BCUT2D eigenvalue weighted by atomic mass is 10.2. The van der Waals surface area contributed by atoms with E-state index in [1.165, 1.54) is 16.0 Å². The van der Waals surface area contributed by atoms with E-state index in [-0.39, 0.29) is 18.0 Å². The second-order valence-electron chi connectivity index (χ2n) is 4.86. The lowest BCUT2D eigenvalue weighted by Gasteiger charge is -2.18. The predicted octanol–water partition coefficient (Wildman–Crippen LogP) is 2.25. The molecule has 0 fully saturated rings. The molecular formula is C14H22N2OS. The summed E-state index contributed by atoms with van der Waals surface area (Å²) in [6, 6.07) is 6.31. The Labute approximate surface area is 114 Å². The normalized spacial score (nSPS) is 12.7. The first-order valence-electron chi connectivity index (χ1n) is 6.15. The number of amides is 1. The van der Waals surface area contributed by atoms with Crippen molar-refractivity contribution in [3.63, 3.8) is 0 Å². The largest absolute Gasteiger partial charge is 0.368 e. The molecule has 1 amide bonds. The Morgan fingerprint density at radius 3 is 2.56 bits per heavy atom. The fraction of sp³-hybridized carbons (Fsp3) is 0.500. The molecule has 1 rings (SSSR count). The van der Waals surface area contributed by atoms with Gasteiger partial charge in [-0.25, -0.2) is 0 Å². The van der Waals surface area contributed by atoms with Gasteiger partial charge in [-0.05, 0) is 25.5 Å². The molecule has 100 valence electrons. The average Bonchev–Trinajstić information content (AvgIpc) is 2.25. The minimum absolute atomic E-state index is 0.252. The topological polar surface area (TPSA) is 55.1 Å². The van der Waals surface area contributed by atoms with Crippen molar-refractivity contribution in [3.8, 4) is 0 Å². The van der Waals surface area contributed by atoms with Crippen molar-refractivity contribution in [1.29, 1.82) is 0 Å². The molecule has 0 heterocycles. The maximum Gasteiger partial charge on any atom is 0.235 e. The zero-order valence-corrected chi connectivity index (χ0v) is 12.3. The average molecular weight is 266 g/mol. The van der Waals surface area contributed by atoms with E-state index in [9.17, 15) is 4.79 Å². The molecule has 0 saturated heterocycles. The Morgan fingerprint density at radius 2 is 2.06 bits per heavy atom. The van der Waals surface area contributed by atoms with Crippen LogP contribution in [-0.4, -0.2) is 23.7 Å². The van der Waals surface area contributed by atoms with Crippen molar-refractivity contribution >= 4 is 17.7 Å². The van der Waals surface area contributed by atoms with Crippen molar-refractivity contribution in [3.05, 3.63) is 29.3 Å². The Balaban J connectivity index is 2.64. The van der Waals surface area contributed by atoms with Crippen LogP contribution in [0.2, 0.25) is 0 Å². The van der Waals surface area contributed by atoms with E-state index >= 15 is 0 Å². The Kier molecular flexibility index (Phi) is 5.69. The summed E-state index contributed by atoms with van der Waals surface area (Å²) in [5.41, 5.74) is 7.89. The third kappa shape index (κ3) is 4.70. The van der Waals surface area contributed by atoms with E-state index in [1.54, 1.807) is 11.8 Å². The number of nitrogens with two attached hydrogens (primary N) is 1. The van der Waals surface area contributed by atoms with Crippen molar-refractivity contribution in [2.45, 2.75) is 44.7 Å². The maximum atomic E-state index is 11.3. The predicted molar refractivity (Wildman–Crippen MR) is 77.9 cm³/mol. The van der Waals surface area contributed by atoms with Gasteiger partial charge in [0, 0.05) is 16.7 Å². The molecule has 1 aromatic carbocycles. The van der Waals surface area contributed by atoms with Gasteiger partial charge in [0.05, 0.1) is 6.04 Å². The molecule has 1 atom stereocenters. The van der Waals surface area contributed by atoms with E-state index in [2.05, 4.69) is 37.4 Å². The number of aryl methyl sites for hydroxylation is 2. The van der Waals surface area contributed by atoms with Crippen LogP contribution in [-0.2, 0) is 4.79 Å². The molecule has 0 aromatic heterocycles. The van der Waals surface area contributed by atoms with E-state index in [4.69, 9.17) is 5.73 Å². The summed E-state index contributed by atoms with van der Waals surface area (Å²) in [4.78, 5) is 12.5. The highest BCUT2D eigenvalue weighted by molar-refractivity contribution is 7.99. The molecule has 0 aliphatic rings. The monoisotopic (exact) mass is 266 g/mol. The fourth-order valence-electron chi connectivity index (χ4n) is 1.75. The molecule has 0 aliphatic carbocycles. The van der Waals surface area contributed by atoms with Gasteiger partial charge in [-0.2, -0.15) is 0 Å². The van der Waals surface area contributed by atoms with Gasteiger partial charge in [-0.15, -0.1) is 11.8 Å². The maximum absolute atomic E-state index is 11.3. The van der Waals surface area contributed by atoms with E-state index in [0.29, 0.717) is 5.75 Å². The van der Waals surface area contributed by atoms with Crippen LogP contribution in [0.25, 0.3) is 0 Å². The van der Waals surface area contributed by atoms with E-state index in [1.807, 2.05) is 13.8 Å². The van der Waals surface area contributed by atoms with Crippen molar-refractivity contribution in [1.82, 2.24) is 5.32 Å². The van der Waals surface area contributed by atoms with Gasteiger partial charge in [0.1, 0.15) is 0 Å².